The Kier molecular flexibility index (Phi) is 4.60. The largest absolute Gasteiger partial charge is 0.305 e. The molecule has 3 nitrogen and oxygen atoms in total. The summed E-state index contributed by atoms with van der Waals surface area (Å²) in [5, 5.41) is 8.89. The molecule has 0 amide bonds. The lowest BCUT2D eigenvalue weighted by Crippen LogP contribution is -1.97. The second kappa shape index (κ2) is 6.20. The van der Waals surface area contributed by atoms with Gasteiger partial charge in [-0.3, -0.25) is 0 Å². The Morgan fingerprint density at radius 3 is 2.83 bits per heavy atom. The van der Waals surface area contributed by atoms with Gasteiger partial charge < -0.3 is 4.57 Å². The highest BCUT2D eigenvalue weighted by atomic mass is 35.5. The SMILES string of the molecule is Cn1c(SCCCCl)nnc1-c1ccccc1F. The van der Waals surface area contributed by atoms with E-state index in [0.29, 0.717) is 17.3 Å². The van der Waals surface area contributed by atoms with Gasteiger partial charge >= 0.3 is 0 Å². The van der Waals surface area contributed by atoms with Crippen molar-refractivity contribution >= 4 is 23.4 Å². The van der Waals surface area contributed by atoms with Gasteiger partial charge in [-0.1, -0.05) is 23.9 Å². The lowest BCUT2D eigenvalue weighted by molar-refractivity contribution is 0.628. The Morgan fingerprint density at radius 2 is 2.11 bits per heavy atom. The highest BCUT2D eigenvalue weighted by Gasteiger charge is 2.13. The summed E-state index contributed by atoms with van der Waals surface area (Å²) >= 11 is 7.20. The Labute approximate surface area is 114 Å². The van der Waals surface area contributed by atoms with E-state index >= 15 is 0 Å². The molecule has 0 N–H and O–H groups in total. The molecule has 0 unspecified atom stereocenters. The van der Waals surface area contributed by atoms with Crippen LogP contribution >= 0.6 is 23.4 Å². The van der Waals surface area contributed by atoms with Crippen LogP contribution in [0.3, 0.4) is 0 Å². The first kappa shape index (κ1) is 13.4. The summed E-state index contributed by atoms with van der Waals surface area (Å²) in [6.45, 7) is 0. The van der Waals surface area contributed by atoms with Crippen LogP contribution in [0.1, 0.15) is 6.42 Å². The number of hydrogen-bond donors (Lipinski definition) is 0. The predicted octanol–water partition coefficient (Wildman–Crippen LogP) is 3.34. The first-order valence-corrected chi connectivity index (χ1v) is 7.09. The van der Waals surface area contributed by atoms with Gasteiger partial charge in [0.1, 0.15) is 5.82 Å². The lowest BCUT2D eigenvalue weighted by Gasteiger charge is -2.04. The van der Waals surface area contributed by atoms with Crippen molar-refractivity contribution < 1.29 is 4.39 Å². The highest BCUT2D eigenvalue weighted by Crippen LogP contribution is 2.24. The molecule has 0 bridgehead atoms. The maximum absolute atomic E-state index is 13.7. The van der Waals surface area contributed by atoms with Crippen LogP contribution in [0.15, 0.2) is 29.4 Å². The van der Waals surface area contributed by atoms with Crippen LogP contribution < -0.4 is 0 Å². The number of rotatable bonds is 5. The average molecular weight is 286 g/mol. The molecule has 1 heterocycles. The molecule has 0 saturated carbocycles. The van der Waals surface area contributed by atoms with Crippen molar-refractivity contribution in [3.63, 3.8) is 0 Å². The van der Waals surface area contributed by atoms with Gasteiger partial charge in [0, 0.05) is 18.7 Å². The Morgan fingerprint density at radius 1 is 1.33 bits per heavy atom. The van der Waals surface area contributed by atoms with Crippen LogP contribution in [-0.2, 0) is 7.05 Å². The van der Waals surface area contributed by atoms with Gasteiger partial charge in [-0.05, 0) is 18.6 Å². The summed E-state index contributed by atoms with van der Waals surface area (Å²) in [5.74, 6) is 1.77. The van der Waals surface area contributed by atoms with Gasteiger partial charge in [0.05, 0.1) is 5.56 Å². The molecule has 2 aromatic rings. The molecular formula is C12H13ClFN3S. The Bertz CT molecular complexity index is 530. The van der Waals surface area contributed by atoms with Gasteiger partial charge in [-0.2, -0.15) is 0 Å². The molecule has 0 fully saturated rings. The van der Waals surface area contributed by atoms with E-state index in [1.54, 1.807) is 34.5 Å². The molecule has 96 valence electrons. The molecule has 6 heteroatoms. The smallest absolute Gasteiger partial charge is 0.191 e. The van der Waals surface area contributed by atoms with Crippen LogP contribution in [0.2, 0.25) is 0 Å². The predicted molar refractivity (Wildman–Crippen MR) is 72.5 cm³/mol. The fourth-order valence-corrected chi connectivity index (χ4v) is 2.68. The minimum atomic E-state index is -0.287. The van der Waals surface area contributed by atoms with Crippen LogP contribution in [-0.4, -0.2) is 26.4 Å². The number of nitrogens with zero attached hydrogens (tertiary/aromatic N) is 3. The zero-order valence-electron chi connectivity index (χ0n) is 9.94. The van der Waals surface area contributed by atoms with Crippen molar-refractivity contribution in [1.82, 2.24) is 14.8 Å². The minimum absolute atomic E-state index is 0.287. The van der Waals surface area contributed by atoms with E-state index in [2.05, 4.69) is 10.2 Å². The maximum atomic E-state index is 13.7. The van der Waals surface area contributed by atoms with Gasteiger partial charge in [0.25, 0.3) is 0 Å². The van der Waals surface area contributed by atoms with E-state index in [0.717, 1.165) is 17.3 Å². The fraction of sp³-hybridized carbons (Fsp3) is 0.333. The van der Waals surface area contributed by atoms with E-state index in [9.17, 15) is 4.39 Å². The van der Waals surface area contributed by atoms with Crippen molar-refractivity contribution in [2.24, 2.45) is 7.05 Å². The van der Waals surface area contributed by atoms with Crippen molar-refractivity contribution in [2.45, 2.75) is 11.6 Å². The van der Waals surface area contributed by atoms with E-state index in [1.807, 2.05) is 7.05 Å². The minimum Gasteiger partial charge on any atom is -0.305 e. The van der Waals surface area contributed by atoms with Gasteiger partial charge in [-0.25, -0.2) is 4.39 Å². The number of aromatic nitrogens is 3. The summed E-state index contributed by atoms with van der Waals surface area (Å²) in [7, 11) is 1.84. The molecule has 1 aromatic heterocycles. The molecule has 1 aromatic carbocycles. The quantitative estimate of drug-likeness (QED) is 0.479. The maximum Gasteiger partial charge on any atom is 0.191 e. The number of hydrogen-bond acceptors (Lipinski definition) is 3. The second-order valence-corrected chi connectivity index (χ2v) is 5.18. The van der Waals surface area contributed by atoms with Crippen molar-refractivity contribution in [2.75, 3.05) is 11.6 Å². The van der Waals surface area contributed by atoms with Crippen LogP contribution in [0.5, 0.6) is 0 Å². The Balaban J connectivity index is 2.23. The molecule has 0 aliphatic heterocycles. The molecule has 18 heavy (non-hydrogen) atoms. The van der Waals surface area contributed by atoms with E-state index in [-0.39, 0.29) is 5.82 Å². The van der Waals surface area contributed by atoms with Crippen LogP contribution in [0.4, 0.5) is 4.39 Å². The summed E-state index contributed by atoms with van der Waals surface area (Å²) in [4.78, 5) is 0. The van der Waals surface area contributed by atoms with E-state index < -0.39 is 0 Å². The third kappa shape index (κ3) is 2.84. The third-order valence-electron chi connectivity index (χ3n) is 2.46. The van der Waals surface area contributed by atoms with Crippen molar-refractivity contribution in [3.05, 3.63) is 30.1 Å². The molecule has 0 aliphatic rings. The molecule has 0 saturated heterocycles. The summed E-state index contributed by atoms with van der Waals surface area (Å²) < 4.78 is 15.5. The summed E-state index contributed by atoms with van der Waals surface area (Å²) in [5.41, 5.74) is 0.469. The van der Waals surface area contributed by atoms with Gasteiger partial charge in [0.2, 0.25) is 0 Å². The molecule has 0 atom stereocenters. The molecule has 0 aliphatic carbocycles. The zero-order valence-corrected chi connectivity index (χ0v) is 11.5. The highest BCUT2D eigenvalue weighted by molar-refractivity contribution is 7.99. The summed E-state index contributed by atoms with van der Waals surface area (Å²) in [6, 6.07) is 6.57. The monoisotopic (exact) mass is 285 g/mol. The third-order valence-corrected chi connectivity index (χ3v) is 3.83. The second-order valence-electron chi connectivity index (χ2n) is 3.74. The standard InChI is InChI=1S/C12H13ClFN3S/c1-17-11(9-5-2-3-6-10(9)14)15-16-12(17)18-8-4-7-13/h2-3,5-6H,4,7-8H2,1H3. The van der Waals surface area contributed by atoms with Crippen LogP contribution in [0, 0.1) is 5.82 Å². The molecule has 2 rings (SSSR count). The number of benzene rings is 1. The number of thioether (sulfide) groups is 1. The van der Waals surface area contributed by atoms with E-state index in [4.69, 9.17) is 11.6 Å². The Hall–Kier alpha value is -1.07. The van der Waals surface area contributed by atoms with Crippen molar-refractivity contribution in [1.29, 1.82) is 0 Å². The number of halogens is 2. The topological polar surface area (TPSA) is 30.7 Å². The number of alkyl halides is 1. The first-order valence-electron chi connectivity index (χ1n) is 5.57. The van der Waals surface area contributed by atoms with Gasteiger partial charge in [-0.15, -0.1) is 21.8 Å². The van der Waals surface area contributed by atoms with Gasteiger partial charge in [0.15, 0.2) is 11.0 Å². The summed E-state index contributed by atoms with van der Waals surface area (Å²) in [6.07, 6.45) is 0.911. The molecular weight excluding hydrogens is 273 g/mol. The fourth-order valence-electron chi connectivity index (χ4n) is 1.54. The molecule has 0 radical (unpaired) electrons. The van der Waals surface area contributed by atoms with E-state index in [1.165, 1.54) is 6.07 Å². The normalized spacial score (nSPS) is 10.8. The van der Waals surface area contributed by atoms with Crippen molar-refractivity contribution in [3.8, 4) is 11.4 Å². The first-order chi connectivity index (χ1) is 8.74. The van der Waals surface area contributed by atoms with Crippen LogP contribution in [0.25, 0.3) is 11.4 Å². The average Bonchev–Trinajstić information content (AvgIpc) is 2.72. The zero-order chi connectivity index (χ0) is 13.0. The molecule has 0 spiro atoms. The lowest BCUT2D eigenvalue weighted by atomic mass is 10.2.